The maximum atomic E-state index is 3.90. The number of aromatic amines is 1. The molecule has 0 fully saturated rings. The fraction of sp³-hybridized carbons (Fsp3) is 0.500. The van der Waals surface area contributed by atoms with Gasteiger partial charge in [0.1, 0.15) is 11.9 Å². The maximum absolute atomic E-state index is 3.90. The zero-order valence-electron chi connectivity index (χ0n) is 5.63. The highest BCUT2D eigenvalue weighted by Gasteiger charge is 2.01. The van der Waals surface area contributed by atoms with Crippen LogP contribution in [0.3, 0.4) is 0 Å². The normalized spacial score (nSPS) is 10.1. The molecule has 0 radical (unpaired) electrons. The fourth-order valence-corrected chi connectivity index (χ4v) is 0.563. The van der Waals surface area contributed by atoms with Crippen molar-refractivity contribution < 1.29 is 4.98 Å². The molecular weight excluding hydrogens is 114 g/mol. The first kappa shape index (κ1) is 6.13. The van der Waals surface area contributed by atoms with Crippen molar-refractivity contribution in [2.45, 2.75) is 19.8 Å². The van der Waals surface area contributed by atoms with Crippen molar-refractivity contribution >= 4 is 0 Å². The first-order chi connectivity index (χ1) is 4.30. The summed E-state index contributed by atoms with van der Waals surface area (Å²) in [5, 5.41) is 7.60. The lowest BCUT2D eigenvalue weighted by atomic mass is 10.2. The highest BCUT2D eigenvalue weighted by molar-refractivity contribution is 4.93. The van der Waals surface area contributed by atoms with Crippen LogP contribution in [0.25, 0.3) is 0 Å². The third-order valence-electron chi connectivity index (χ3n) is 1.13. The Balaban J connectivity index is 2.85. The van der Waals surface area contributed by atoms with Crippen molar-refractivity contribution in [1.29, 1.82) is 0 Å². The minimum absolute atomic E-state index is 0.454. The minimum atomic E-state index is 0.454. The monoisotopic (exact) mass is 124 g/mol. The van der Waals surface area contributed by atoms with Gasteiger partial charge in [-0.2, -0.15) is 0 Å². The summed E-state index contributed by atoms with van der Waals surface area (Å²) in [6.07, 6.45) is 3.42. The fourth-order valence-electron chi connectivity index (χ4n) is 0.563. The van der Waals surface area contributed by atoms with E-state index in [1.807, 2.05) is 6.20 Å². The van der Waals surface area contributed by atoms with Gasteiger partial charge in [0.25, 0.3) is 0 Å². The van der Waals surface area contributed by atoms with Gasteiger partial charge in [0.05, 0.1) is 5.10 Å². The molecule has 9 heavy (non-hydrogen) atoms. The van der Waals surface area contributed by atoms with Gasteiger partial charge in [-0.15, -0.1) is 0 Å². The predicted molar refractivity (Wildman–Crippen MR) is 32.7 cm³/mol. The zero-order chi connectivity index (χ0) is 6.69. The number of nitrogens with one attached hydrogen (secondary N) is 1. The smallest absolute Gasteiger partial charge is 0.247 e. The molecule has 0 unspecified atom stereocenters. The van der Waals surface area contributed by atoms with Gasteiger partial charge in [-0.3, -0.25) is 0 Å². The molecule has 3 heteroatoms. The van der Waals surface area contributed by atoms with Gasteiger partial charge in [0, 0.05) is 5.92 Å². The van der Waals surface area contributed by atoms with Crippen LogP contribution >= 0.6 is 0 Å². The molecular formula is C6H10N3+. The Morgan fingerprint density at radius 1 is 1.56 bits per heavy atom. The quantitative estimate of drug-likeness (QED) is 0.544. The van der Waals surface area contributed by atoms with Crippen LogP contribution in [-0.4, -0.2) is 10.2 Å². The third kappa shape index (κ3) is 1.45. The summed E-state index contributed by atoms with van der Waals surface area (Å²) in [5.74, 6) is 0.454. The Hall–Kier alpha value is -0.990. The second kappa shape index (κ2) is 2.53. The Morgan fingerprint density at radius 2 is 2.33 bits per heavy atom. The average Bonchev–Trinajstić information content (AvgIpc) is 1.90. The summed E-state index contributed by atoms with van der Waals surface area (Å²) in [4.78, 5) is 2.87. The average molecular weight is 124 g/mol. The third-order valence-corrected chi connectivity index (χ3v) is 1.13. The standard InChI is InChI=1S/C6H9N3/c1-5(2)6-3-7-4-8-9-6/h3-5H,1-2H3/p+1. The SMILES string of the molecule is CC(C)c1c[nH+]cnn1. The number of H-pyrrole nitrogens is 1. The van der Waals surface area contributed by atoms with Crippen LogP contribution in [0.1, 0.15) is 25.5 Å². The molecule has 1 N–H and O–H groups in total. The van der Waals surface area contributed by atoms with E-state index < -0.39 is 0 Å². The Kier molecular flexibility index (Phi) is 1.72. The first-order valence-electron chi connectivity index (χ1n) is 2.99. The molecule has 1 aromatic rings. The van der Waals surface area contributed by atoms with Gasteiger partial charge >= 0.3 is 6.33 Å². The van der Waals surface area contributed by atoms with Crippen molar-refractivity contribution in [2.24, 2.45) is 0 Å². The van der Waals surface area contributed by atoms with Gasteiger partial charge in [-0.1, -0.05) is 13.8 Å². The molecule has 0 aromatic carbocycles. The zero-order valence-corrected chi connectivity index (χ0v) is 5.63. The highest BCUT2D eigenvalue weighted by Crippen LogP contribution is 2.04. The van der Waals surface area contributed by atoms with Crippen LogP contribution in [-0.2, 0) is 0 Å². The summed E-state index contributed by atoms with van der Waals surface area (Å²) in [6.45, 7) is 4.16. The van der Waals surface area contributed by atoms with Crippen molar-refractivity contribution in [3.8, 4) is 0 Å². The van der Waals surface area contributed by atoms with Crippen LogP contribution in [0, 0.1) is 0 Å². The van der Waals surface area contributed by atoms with E-state index in [1.54, 1.807) is 6.33 Å². The molecule has 0 aliphatic carbocycles. The molecule has 1 aromatic heterocycles. The number of hydrogen-bond acceptors (Lipinski definition) is 2. The van der Waals surface area contributed by atoms with E-state index in [2.05, 4.69) is 29.0 Å². The Morgan fingerprint density at radius 3 is 2.67 bits per heavy atom. The van der Waals surface area contributed by atoms with Gasteiger partial charge < -0.3 is 0 Å². The summed E-state index contributed by atoms with van der Waals surface area (Å²) in [6, 6.07) is 0. The lowest BCUT2D eigenvalue weighted by molar-refractivity contribution is -0.385. The van der Waals surface area contributed by atoms with Crippen LogP contribution in [0.15, 0.2) is 12.5 Å². The predicted octanol–water partition coefficient (Wildman–Crippen LogP) is 0.414. The van der Waals surface area contributed by atoms with Crippen LogP contribution in [0.4, 0.5) is 0 Å². The highest BCUT2D eigenvalue weighted by atomic mass is 15.1. The molecule has 0 saturated carbocycles. The number of nitrogens with zero attached hydrogens (tertiary/aromatic N) is 2. The molecule has 48 valence electrons. The molecule has 0 bridgehead atoms. The molecule has 0 atom stereocenters. The van der Waals surface area contributed by atoms with Crippen LogP contribution < -0.4 is 4.98 Å². The summed E-state index contributed by atoms with van der Waals surface area (Å²) >= 11 is 0. The van der Waals surface area contributed by atoms with E-state index in [0.29, 0.717) is 5.92 Å². The van der Waals surface area contributed by atoms with Crippen molar-refractivity contribution in [1.82, 2.24) is 10.2 Å². The molecule has 0 spiro atoms. The number of hydrogen-bond donors (Lipinski definition) is 0. The molecule has 3 nitrogen and oxygen atoms in total. The lowest BCUT2D eigenvalue weighted by Crippen LogP contribution is -2.07. The van der Waals surface area contributed by atoms with E-state index in [4.69, 9.17) is 0 Å². The van der Waals surface area contributed by atoms with Gasteiger partial charge in [-0.25, -0.2) is 4.98 Å². The lowest BCUT2D eigenvalue weighted by Gasteiger charge is -1.94. The summed E-state index contributed by atoms with van der Waals surface area (Å²) in [5.41, 5.74) is 0.998. The first-order valence-corrected chi connectivity index (χ1v) is 2.99. The van der Waals surface area contributed by atoms with E-state index in [-0.39, 0.29) is 0 Å². The second-order valence-corrected chi connectivity index (χ2v) is 2.24. The molecule has 1 rings (SSSR count). The van der Waals surface area contributed by atoms with Gasteiger partial charge in [-0.05, 0) is 5.10 Å². The molecule has 0 saturated heterocycles. The van der Waals surface area contributed by atoms with Gasteiger partial charge in [0.2, 0.25) is 0 Å². The van der Waals surface area contributed by atoms with E-state index in [1.165, 1.54) is 0 Å². The Labute approximate surface area is 54.2 Å². The van der Waals surface area contributed by atoms with Crippen molar-refractivity contribution in [2.75, 3.05) is 0 Å². The second-order valence-electron chi connectivity index (χ2n) is 2.24. The largest absolute Gasteiger partial charge is 0.312 e. The number of rotatable bonds is 1. The Bertz CT molecular complexity index is 171. The van der Waals surface area contributed by atoms with Crippen molar-refractivity contribution in [3.63, 3.8) is 0 Å². The number of aromatic nitrogens is 3. The maximum Gasteiger partial charge on any atom is 0.312 e. The van der Waals surface area contributed by atoms with Crippen LogP contribution in [0.5, 0.6) is 0 Å². The summed E-state index contributed by atoms with van der Waals surface area (Å²) in [7, 11) is 0. The summed E-state index contributed by atoms with van der Waals surface area (Å²) < 4.78 is 0. The van der Waals surface area contributed by atoms with E-state index >= 15 is 0 Å². The minimum Gasteiger partial charge on any atom is -0.247 e. The van der Waals surface area contributed by atoms with Gasteiger partial charge in [0.15, 0.2) is 0 Å². The molecule has 1 heterocycles. The molecule has 0 amide bonds. The van der Waals surface area contributed by atoms with Crippen molar-refractivity contribution in [3.05, 3.63) is 18.2 Å². The van der Waals surface area contributed by atoms with E-state index in [0.717, 1.165) is 5.69 Å². The van der Waals surface area contributed by atoms with E-state index in [9.17, 15) is 0 Å². The van der Waals surface area contributed by atoms with Crippen LogP contribution in [0.2, 0.25) is 0 Å². The molecule has 0 aliphatic heterocycles. The topological polar surface area (TPSA) is 39.9 Å². The molecule has 0 aliphatic rings.